The maximum Gasteiger partial charge on any atom is 0.306 e. The fraction of sp³-hybridized carbons (Fsp3) is 0.824. The van der Waals surface area contributed by atoms with Crippen molar-refractivity contribution in [1.29, 1.82) is 0 Å². The Labute approximate surface area is 149 Å². The molecule has 0 saturated carbocycles. The second-order valence-electron chi connectivity index (χ2n) is 5.85. The lowest BCUT2D eigenvalue weighted by Crippen LogP contribution is -2.29. The van der Waals surface area contributed by atoms with E-state index in [-0.39, 0.29) is 24.8 Å². The molecule has 8 heteroatoms. The van der Waals surface area contributed by atoms with Crippen molar-refractivity contribution in [2.45, 2.75) is 46.0 Å². The molecule has 0 radical (unpaired) electrons. The molecule has 25 heavy (non-hydrogen) atoms. The Morgan fingerprint density at radius 2 is 1.64 bits per heavy atom. The van der Waals surface area contributed by atoms with Gasteiger partial charge in [0.2, 0.25) is 11.8 Å². The van der Waals surface area contributed by atoms with Gasteiger partial charge in [-0.05, 0) is 12.8 Å². The number of rotatable bonds is 16. The van der Waals surface area contributed by atoms with Crippen LogP contribution in [0.25, 0.3) is 0 Å². The fourth-order valence-corrected chi connectivity index (χ4v) is 1.86. The lowest BCUT2D eigenvalue weighted by molar-refractivity contribution is -0.141. The summed E-state index contributed by atoms with van der Waals surface area (Å²) in [4.78, 5) is 33.5. The molecule has 1 atom stereocenters. The Kier molecular flexibility index (Phi) is 14.8. The van der Waals surface area contributed by atoms with Crippen LogP contribution in [-0.4, -0.2) is 62.4 Å². The van der Waals surface area contributed by atoms with E-state index in [2.05, 4.69) is 17.6 Å². The van der Waals surface area contributed by atoms with E-state index >= 15 is 0 Å². The molecule has 0 aromatic carbocycles. The van der Waals surface area contributed by atoms with Gasteiger partial charge in [0.25, 0.3) is 0 Å². The summed E-state index contributed by atoms with van der Waals surface area (Å²) in [6, 6.07) is 0. The van der Waals surface area contributed by atoms with Crippen molar-refractivity contribution in [2.24, 2.45) is 5.92 Å². The Bertz CT molecular complexity index is 389. The zero-order chi connectivity index (χ0) is 18.9. The molecule has 8 nitrogen and oxygen atoms in total. The minimum atomic E-state index is -0.897. The van der Waals surface area contributed by atoms with E-state index < -0.39 is 11.9 Å². The van der Waals surface area contributed by atoms with Crippen molar-refractivity contribution in [3.8, 4) is 0 Å². The molecular weight excluding hydrogens is 328 g/mol. The third-order valence-corrected chi connectivity index (χ3v) is 3.50. The SMILES string of the molecule is CCCCCNC(=O)COCCOCCNC(=O)CC[C@H](C)C(=O)O. The van der Waals surface area contributed by atoms with Crippen LogP contribution < -0.4 is 10.6 Å². The molecule has 3 N–H and O–H groups in total. The summed E-state index contributed by atoms with van der Waals surface area (Å²) in [6.45, 7) is 5.73. The highest BCUT2D eigenvalue weighted by Gasteiger charge is 2.12. The van der Waals surface area contributed by atoms with Crippen molar-refractivity contribution in [2.75, 3.05) is 39.5 Å². The number of ether oxygens (including phenoxy) is 2. The molecule has 0 aromatic heterocycles. The molecule has 146 valence electrons. The van der Waals surface area contributed by atoms with E-state index in [9.17, 15) is 14.4 Å². The monoisotopic (exact) mass is 360 g/mol. The van der Waals surface area contributed by atoms with E-state index in [0.717, 1.165) is 19.3 Å². The number of hydrogen-bond acceptors (Lipinski definition) is 5. The lowest BCUT2D eigenvalue weighted by atomic mass is 10.1. The minimum Gasteiger partial charge on any atom is -0.481 e. The van der Waals surface area contributed by atoms with Gasteiger partial charge in [-0.1, -0.05) is 26.7 Å². The normalized spacial score (nSPS) is 11.8. The summed E-state index contributed by atoms with van der Waals surface area (Å²) in [5.74, 6) is -1.74. The van der Waals surface area contributed by atoms with Gasteiger partial charge >= 0.3 is 5.97 Å². The van der Waals surface area contributed by atoms with E-state index in [1.807, 2.05) is 0 Å². The number of carboxylic acid groups (broad SMARTS) is 1. The molecule has 0 rings (SSSR count). The molecule has 0 bridgehead atoms. The van der Waals surface area contributed by atoms with E-state index in [1.54, 1.807) is 6.92 Å². The number of carbonyl (C=O) groups excluding carboxylic acids is 2. The van der Waals surface area contributed by atoms with Gasteiger partial charge in [-0.3, -0.25) is 14.4 Å². The van der Waals surface area contributed by atoms with E-state index in [0.29, 0.717) is 39.3 Å². The summed E-state index contributed by atoms with van der Waals surface area (Å²) >= 11 is 0. The first-order valence-corrected chi connectivity index (χ1v) is 8.89. The number of carbonyl (C=O) groups is 3. The van der Waals surface area contributed by atoms with E-state index in [1.165, 1.54) is 0 Å². The quantitative estimate of drug-likeness (QED) is 0.353. The minimum absolute atomic E-state index is 0.0218. The van der Waals surface area contributed by atoms with Crippen LogP contribution in [0.15, 0.2) is 0 Å². The average molecular weight is 360 g/mol. The van der Waals surface area contributed by atoms with Crippen molar-refractivity contribution >= 4 is 17.8 Å². The van der Waals surface area contributed by atoms with Crippen LogP contribution in [-0.2, 0) is 23.9 Å². The summed E-state index contributed by atoms with van der Waals surface area (Å²) in [7, 11) is 0. The predicted molar refractivity (Wildman–Crippen MR) is 93.2 cm³/mol. The van der Waals surface area contributed by atoms with Crippen molar-refractivity contribution in [3.05, 3.63) is 0 Å². The smallest absolute Gasteiger partial charge is 0.306 e. The van der Waals surface area contributed by atoms with Gasteiger partial charge in [0.1, 0.15) is 6.61 Å². The molecule has 0 unspecified atom stereocenters. The maximum atomic E-state index is 11.5. The molecule has 0 spiro atoms. The highest BCUT2D eigenvalue weighted by Crippen LogP contribution is 2.04. The van der Waals surface area contributed by atoms with Crippen LogP contribution in [0.3, 0.4) is 0 Å². The number of amides is 2. The largest absolute Gasteiger partial charge is 0.481 e. The maximum absolute atomic E-state index is 11.5. The molecule has 0 fully saturated rings. The highest BCUT2D eigenvalue weighted by atomic mass is 16.5. The Hall–Kier alpha value is -1.67. The number of carboxylic acids is 1. The summed E-state index contributed by atoms with van der Waals surface area (Å²) < 4.78 is 10.5. The molecule has 0 aromatic rings. The van der Waals surface area contributed by atoms with Crippen LogP contribution in [0, 0.1) is 5.92 Å². The molecular formula is C17H32N2O6. The standard InChI is InChI=1S/C17H32N2O6/c1-3-4-5-8-18-16(21)13-25-12-11-24-10-9-19-15(20)7-6-14(2)17(22)23/h14H,3-13H2,1-2H3,(H,18,21)(H,19,20)(H,22,23)/t14-/m0/s1. The zero-order valence-electron chi connectivity index (χ0n) is 15.3. The van der Waals surface area contributed by atoms with Gasteiger partial charge in [0.05, 0.1) is 25.7 Å². The van der Waals surface area contributed by atoms with Crippen LogP contribution >= 0.6 is 0 Å². The first kappa shape index (κ1) is 23.3. The van der Waals surface area contributed by atoms with Crippen LogP contribution in [0.1, 0.15) is 46.0 Å². The molecule has 0 aliphatic carbocycles. The van der Waals surface area contributed by atoms with Crippen molar-refractivity contribution < 1.29 is 29.0 Å². The van der Waals surface area contributed by atoms with Gasteiger partial charge in [-0.2, -0.15) is 0 Å². The van der Waals surface area contributed by atoms with E-state index in [4.69, 9.17) is 14.6 Å². The lowest BCUT2D eigenvalue weighted by Gasteiger charge is -2.08. The predicted octanol–water partition coefficient (Wildman–Crippen LogP) is 0.943. The topological polar surface area (TPSA) is 114 Å². The third kappa shape index (κ3) is 15.6. The number of nitrogens with one attached hydrogen (secondary N) is 2. The van der Waals surface area contributed by atoms with Gasteiger partial charge in [0, 0.05) is 19.5 Å². The highest BCUT2D eigenvalue weighted by molar-refractivity contribution is 5.77. The number of aliphatic carboxylic acids is 1. The average Bonchev–Trinajstić information content (AvgIpc) is 2.58. The van der Waals surface area contributed by atoms with Gasteiger partial charge in [-0.25, -0.2) is 0 Å². The number of hydrogen-bond donors (Lipinski definition) is 3. The third-order valence-electron chi connectivity index (χ3n) is 3.50. The Morgan fingerprint density at radius 1 is 0.960 bits per heavy atom. The second-order valence-corrected chi connectivity index (χ2v) is 5.85. The van der Waals surface area contributed by atoms with Gasteiger partial charge in [0.15, 0.2) is 0 Å². The Morgan fingerprint density at radius 3 is 2.32 bits per heavy atom. The van der Waals surface area contributed by atoms with Gasteiger partial charge < -0.3 is 25.2 Å². The summed E-state index contributed by atoms with van der Waals surface area (Å²) in [5, 5.41) is 14.2. The van der Waals surface area contributed by atoms with Crippen LogP contribution in [0.2, 0.25) is 0 Å². The second kappa shape index (κ2) is 15.8. The zero-order valence-corrected chi connectivity index (χ0v) is 15.3. The molecule has 2 amide bonds. The Balaban J connectivity index is 3.36. The molecule has 0 aliphatic heterocycles. The van der Waals surface area contributed by atoms with Crippen molar-refractivity contribution in [3.63, 3.8) is 0 Å². The van der Waals surface area contributed by atoms with Crippen LogP contribution in [0.4, 0.5) is 0 Å². The summed E-state index contributed by atoms with van der Waals surface area (Å²) in [6.07, 6.45) is 3.70. The first-order valence-electron chi connectivity index (χ1n) is 8.89. The number of unbranched alkanes of at least 4 members (excludes halogenated alkanes) is 2. The molecule has 0 saturated heterocycles. The summed E-state index contributed by atoms with van der Waals surface area (Å²) in [5.41, 5.74) is 0. The van der Waals surface area contributed by atoms with Gasteiger partial charge in [-0.15, -0.1) is 0 Å². The van der Waals surface area contributed by atoms with Crippen LogP contribution in [0.5, 0.6) is 0 Å². The first-order chi connectivity index (χ1) is 12.0. The molecule has 0 aliphatic rings. The fourth-order valence-electron chi connectivity index (χ4n) is 1.86. The molecule has 0 heterocycles. The van der Waals surface area contributed by atoms with Crippen molar-refractivity contribution in [1.82, 2.24) is 10.6 Å².